The molecule has 4 rings (SSSR count). The van der Waals surface area contributed by atoms with Gasteiger partial charge in [-0.15, -0.1) is 0 Å². The molecule has 5 heteroatoms. The van der Waals surface area contributed by atoms with E-state index in [9.17, 15) is 10.00 Å². The van der Waals surface area contributed by atoms with Gasteiger partial charge in [0.15, 0.2) is 0 Å². The molecule has 0 radical (unpaired) electrons. The van der Waals surface area contributed by atoms with Crippen molar-refractivity contribution in [3.05, 3.63) is 113 Å². The standard InChI is InChI=1S/C31H35O4P/c1-21(2)26-20-29(25(6)19-27(26)32)35-36(33,30-17-11-8-14-23(30)4,31-18-12-9-15-24(31)5)34-28-16-10-7-13-22(28)3/h7-21,32-33H,1-6H3. The number of rotatable bonds is 7. The van der Waals surface area contributed by atoms with Gasteiger partial charge in [0.05, 0.1) is 0 Å². The first-order chi connectivity index (χ1) is 17.0. The molecular formula is C31H35O4P. The van der Waals surface area contributed by atoms with E-state index in [0.717, 1.165) is 22.3 Å². The predicted octanol–water partition coefficient (Wildman–Crippen LogP) is 7.15. The minimum absolute atomic E-state index is 0.0619. The van der Waals surface area contributed by atoms with Crippen LogP contribution in [0, 0.1) is 27.7 Å². The summed E-state index contributed by atoms with van der Waals surface area (Å²) in [5, 5.41) is 11.8. The van der Waals surface area contributed by atoms with E-state index in [2.05, 4.69) is 0 Å². The van der Waals surface area contributed by atoms with Gasteiger partial charge in [-0.1, -0.05) is 0 Å². The fraction of sp³-hybridized carbons (Fsp3) is 0.226. The molecule has 0 amide bonds. The summed E-state index contributed by atoms with van der Waals surface area (Å²) in [7, 11) is -4.86. The summed E-state index contributed by atoms with van der Waals surface area (Å²) in [6.45, 7) is 11.8. The first-order valence-corrected chi connectivity index (χ1v) is 14.2. The second kappa shape index (κ2) is 9.61. The Morgan fingerprint density at radius 1 is 0.611 bits per heavy atom. The van der Waals surface area contributed by atoms with E-state index in [0.29, 0.717) is 27.7 Å². The van der Waals surface area contributed by atoms with Gasteiger partial charge >= 0.3 is 214 Å². The Morgan fingerprint density at radius 3 is 1.58 bits per heavy atom. The van der Waals surface area contributed by atoms with Gasteiger partial charge < -0.3 is 0 Å². The van der Waals surface area contributed by atoms with Crippen molar-refractivity contribution in [2.75, 3.05) is 0 Å². The Balaban J connectivity index is 2.12. The maximum atomic E-state index is 13.4. The molecule has 0 atom stereocenters. The zero-order chi connectivity index (χ0) is 26.1. The van der Waals surface area contributed by atoms with E-state index >= 15 is 0 Å². The number of phenolic OH excluding ortho intramolecular Hbond substituents is 1. The van der Waals surface area contributed by atoms with Crippen molar-refractivity contribution in [2.24, 2.45) is 0 Å². The van der Waals surface area contributed by atoms with Crippen LogP contribution in [0.5, 0.6) is 17.2 Å². The zero-order valence-corrected chi connectivity index (χ0v) is 22.7. The van der Waals surface area contributed by atoms with Crippen molar-refractivity contribution < 1.29 is 19.0 Å². The summed E-state index contributed by atoms with van der Waals surface area (Å²) in [4.78, 5) is 13.4. The minimum atomic E-state index is -4.86. The molecule has 0 aliphatic heterocycles. The van der Waals surface area contributed by atoms with Crippen LogP contribution in [0.3, 0.4) is 0 Å². The van der Waals surface area contributed by atoms with Crippen LogP contribution < -0.4 is 19.7 Å². The number of benzene rings is 4. The van der Waals surface area contributed by atoms with E-state index in [-0.39, 0.29) is 11.7 Å². The predicted molar refractivity (Wildman–Crippen MR) is 150 cm³/mol. The van der Waals surface area contributed by atoms with Crippen LogP contribution in [0.2, 0.25) is 0 Å². The normalized spacial score (nSPS) is 12.7. The summed E-state index contributed by atoms with van der Waals surface area (Å²) in [5.74, 6) is 1.29. The molecule has 0 spiro atoms. The average molecular weight is 503 g/mol. The molecule has 0 heterocycles. The third-order valence-electron chi connectivity index (χ3n) is 6.66. The van der Waals surface area contributed by atoms with Crippen LogP contribution >= 0.6 is 7.28 Å². The molecule has 2 N–H and O–H groups in total. The van der Waals surface area contributed by atoms with E-state index < -0.39 is 7.28 Å². The van der Waals surface area contributed by atoms with E-state index in [1.807, 2.05) is 120 Å². The van der Waals surface area contributed by atoms with Crippen molar-refractivity contribution in [3.8, 4) is 17.2 Å². The van der Waals surface area contributed by atoms with Gasteiger partial charge in [-0.2, -0.15) is 0 Å². The second-order valence-electron chi connectivity index (χ2n) is 9.77. The molecule has 4 aromatic carbocycles. The molecule has 0 fully saturated rings. The van der Waals surface area contributed by atoms with Crippen LogP contribution in [-0.4, -0.2) is 10.00 Å². The first-order valence-electron chi connectivity index (χ1n) is 12.2. The molecule has 188 valence electrons. The number of hydrogen-bond donors (Lipinski definition) is 2. The van der Waals surface area contributed by atoms with E-state index in [4.69, 9.17) is 9.05 Å². The second-order valence-corrected chi connectivity index (χ2v) is 12.9. The molecule has 0 unspecified atom stereocenters. The van der Waals surface area contributed by atoms with Crippen LogP contribution in [0.1, 0.15) is 47.6 Å². The number of phenols is 1. The number of para-hydroxylation sites is 1. The van der Waals surface area contributed by atoms with Crippen molar-refractivity contribution in [1.29, 1.82) is 0 Å². The van der Waals surface area contributed by atoms with Crippen molar-refractivity contribution in [2.45, 2.75) is 47.5 Å². The van der Waals surface area contributed by atoms with Gasteiger partial charge in [0, 0.05) is 0 Å². The molecule has 4 nitrogen and oxygen atoms in total. The van der Waals surface area contributed by atoms with Crippen LogP contribution in [0.15, 0.2) is 84.9 Å². The molecule has 0 aromatic heterocycles. The van der Waals surface area contributed by atoms with Crippen molar-refractivity contribution in [3.63, 3.8) is 0 Å². The van der Waals surface area contributed by atoms with Gasteiger partial charge in [-0.3, -0.25) is 0 Å². The summed E-state index contributed by atoms with van der Waals surface area (Å²) in [6, 6.07) is 26.5. The van der Waals surface area contributed by atoms with E-state index in [1.54, 1.807) is 6.07 Å². The Kier molecular flexibility index (Phi) is 6.88. The van der Waals surface area contributed by atoms with Gasteiger partial charge in [0.1, 0.15) is 0 Å². The SMILES string of the molecule is Cc1ccccc1OP(O)(Oc1cc(C(C)C)c(O)cc1C)(c1ccccc1C)c1ccccc1C. The Morgan fingerprint density at radius 2 is 1.08 bits per heavy atom. The van der Waals surface area contributed by atoms with Gasteiger partial charge in [-0.25, -0.2) is 0 Å². The summed E-state index contributed by atoms with van der Waals surface area (Å²) >= 11 is 0. The molecule has 0 aliphatic rings. The third kappa shape index (κ3) is 4.48. The molecular weight excluding hydrogens is 467 g/mol. The molecule has 36 heavy (non-hydrogen) atoms. The Labute approximate surface area is 214 Å². The fourth-order valence-corrected chi connectivity index (χ4v) is 8.54. The van der Waals surface area contributed by atoms with Crippen LogP contribution in [0.25, 0.3) is 0 Å². The quantitative estimate of drug-likeness (QED) is 0.264. The molecule has 0 saturated carbocycles. The summed E-state index contributed by atoms with van der Waals surface area (Å²) in [6.07, 6.45) is 0. The fourth-order valence-electron chi connectivity index (χ4n) is 4.63. The van der Waals surface area contributed by atoms with Crippen LogP contribution in [0.4, 0.5) is 0 Å². The van der Waals surface area contributed by atoms with Gasteiger partial charge in [0.25, 0.3) is 0 Å². The molecule has 0 aliphatic carbocycles. The number of aryl methyl sites for hydroxylation is 4. The molecule has 0 saturated heterocycles. The Hall–Kier alpha value is -3.33. The third-order valence-corrected chi connectivity index (χ3v) is 10.4. The van der Waals surface area contributed by atoms with E-state index in [1.165, 1.54) is 0 Å². The van der Waals surface area contributed by atoms with Gasteiger partial charge in [0.2, 0.25) is 0 Å². The molecule has 0 bridgehead atoms. The van der Waals surface area contributed by atoms with Crippen molar-refractivity contribution in [1.82, 2.24) is 0 Å². The number of hydrogen-bond acceptors (Lipinski definition) is 4. The van der Waals surface area contributed by atoms with Crippen molar-refractivity contribution >= 4 is 17.9 Å². The van der Waals surface area contributed by atoms with Gasteiger partial charge in [-0.05, 0) is 0 Å². The monoisotopic (exact) mass is 502 g/mol. The topological polar surface area (TPSA) is 58.9 Å². The average Bonchev–Trinajstić information content (AvgIpc) is 2.83. The zero-order valence-electron chi connectivity index (χ0n) is 21.8. The maximum absolute atomic E-state index is 13.4. The Bertz CT molecular complexity index is 1360. The molecule has 4 aromatic rings. The summed E-state index contributed by atoms with van der Waals surface area (Å²) < 4.78 is 13.8. The van der Waals surface area contributed by atoms with Crippen LogP contribution in [-0.2, 0) is 0 Å². The number of aromatic hydroxyl groups is 1. The summed E-state index contributed by atoms with van der Waals surface area (Å²) in [5.41, 5.74) is 4.04. The first kappa shape index (κ1) is 25.8.